The number of rotatable bonds is 4. The first-order valence-corrected chi connectivity index (χ1v) is 8.92. The average Bonchev–Trinajstić information content (AvgIpc) is 3.25. The number of carbonyl (C=O) groups excluding carboxylic acids is 2. The smallest absolute Gasteiger partial charge is 0.225 e. The maximum absolute atomic E-state index is 12.4. The second kappa shape index (κ2) is 7.44. The first kappa shape index (κ1) is 15.8. The molecule has 0 aromatic rings. The number of nitrogens with one attached hydrogen (secondary N) is 1. The Morgan fingerprint density at radius 2 is 1.64 bits per heavy atom. The van der Waals surface area contributed by atoms with E-state index >= 15 is 0 Å². The van der Waals surface area contributed by atoms with Crippen LogP contribution in [0, 0.1) is 11.8 Å². The number of likely N-dealkylation sites (tertiary alicyclic amines) is 1. The molecule has 1 aliphatic carbocycles. The van der Waals surface area contributed by atoms with Crippen LogP contribution in [0.1, 0.15) is 51.4 Å². The monoisotopic (exact) mass is 308 g/mol. The van der Waals surface area contributed by atoms with Crippen molar-refractivity contribution >= 4 is 11.8 Å². The molecule has 0 spiro atoms. The Morgan fingerprint density at radius 1 is 0.955 bits per heavy atom. The highest BCUT2D eigenvalue weighted by molar-refractivity contribution is 5.81. The van der Waals surface area contributed by atoms with Crippen LogP contribution in [0.5, 0.6) is 0 Å². The topological polar surface area (TPSA) is 58.6 Å². The van der Waals surface area contributed by atoms with E-state index in [-0.39, 0.29) is 23.8 Å². The van der Waals surface area contributed by atoms with E-state index in [0.717, 1.165) is 71.1 Å². The maximum atomic E-state index is 12.4. The molecule has 0 radical (unpaired) electrons. The number of amides is 2. The molecule has 3 aliphatic rings. The Labute approximate surface area is 132 Å². The van der Waals surface area contributed by atoms with Gasteiger partial charge in [-0.25, -0.2) is 0 Å². The molecule has 1 saturated carbocycles. The lowest BCUT2D eigenvalue weighted by atomic mass is 9.81. The van der Waals surface area contributed by atoms with Crippen molar-refractivity contribution in [2.45, 2.75) is 57.5 Å². The highest BCUT2D eigenvalue weighted by Gasteiger charge is 2.33. The van der Waals surface area contributed by atoms with Crippen LogP contribution in [0.15, 0.2) is 0 Å². The summed E-state index contributed by atoms with van der Waals surface area (Å²) in [5.74, 6) is 0.725. The Balaban J connectivity index is 1.38. The van der Waals surface area contributed by atoms with Gasteiger partial charge in [0.2, 0.25) is 11.8 Å². The average molecular weight is 308 g/mol. The van der Waals surface area contributed by atoms with Crippen LogP contribution in [0.4, 0.5) is 0 Å². The summed E-state index contributed by atoms with van der Waals surface area (Å²) in [6.07, 6.45) is 8.09. The van der Waals surface area contributed by atoms with Gasteiger partial charge in [0.25, 0.3) is 0 Å². The van der Waals surface area contributed by atoms with Crippen molar-refractivity contribution in [2.24, 2.45) is 11.8 Å². The predicted molar refractivity (Wildman–Crippen MR) is 83.2 cm³/mol. The van der Waals surface area contributed by atoms with Crippen molar-refractivity contribution in [1.82, 2.24) is 10.2 Å². The van der Waals surface area contributed by atoms with Crippen LogP contribution in [-0.2, 0) is 14.3 Å². The molecule has 5 nitrogen and oxygen atoms in total. The minimum Gasteiger partial charge on any atom is -0.376 e. The van der Waals surface area contributed by atoms with Crippen molar-refractivity contribution < 1.29 is 14.3 Å². The minimum atomic E-state index is 0.0871. The number of hydrogen-bond acceptors (Lipinski definition) is 3. The Morgan fingerprint density at radius 3 is 2.27 bits per heavy atom. The van der Waals surface area contributed by atoms with Crippen molar-refractivity contribution in [2.75, 3.05) is 26.2 Å². The summed E-state index contributed by atoms with van der Waals surface area (Å²) in [5.41, 5.74) is 0. The zero-order valence-corrected chi connectivity index (χ0v) is 13.4. The second-order valence-corrected chi connectivity index (χ2v) is 6.96. The quantitative estimate of drug-likeness (QED) is 0.860. The summed E-state index contributed by atoms with van der Waals surface area (Å²) in [6, 6.07) is 0. The van der Waals surface area contributed by atoms with Crippen LogP contribution in [0.3, 0.4) is 0 Å². The molecular formula is C17H28N2O3. The van der Waals surface area contributed by atoms with E-state index in [2.05, 4.69) is 5.32 Å². The molecule has 2 heterocycles. The fourth-order valence-electron chi connectivity index (χ4n) is 3.96. The molecule has 2 aliphatic heterocycles. The highest BCUT2D eigenvalue weighted by atomic mass is 16.5. The van der Waals surface area contributed by atoms with Gasteiger partial charge in [-0.05, 0) is 51.4 Å². The minimum absolute atomic E-state index is 0.0871. The van der Waals surface area contributed by atoms with Crippen molar-refractivity contribution in [3.05, 3.63) is 0 Å². The van der Waals surface area contributed by atoms with E-state index in [4.69, 9.17) is 4.74 Å². The molecule has 2 saturated heterocycles. The third-order valence-corrected chi connectivity index (χ3v) is 5.39. The molecule has 22 heavy (non-hydrogen) atoms. The fourth-order valence-corrected chi connectivity index (χ4v) is 3.96. The van der Waals surface area contributed by atoms with E-state index in [1.54, 1.807) is 0 Å². The van der Waals surface area contributed by atoms with Crippen LogP contribution < -0.4 is 5.32 Å². The molecule has 2 amide bonds. The Hall–Kier alpha value is -1.10. The molecule has 1 N–H and O–H groups in total. The van der Waals surface area contributed by atoms with E-state index in [0.29, 0.717) is 12.5 Å². The van der Waals surface area contributed by atoms with Gasteiger partial charge in [0.1, 0.15) is 0 Å². The molecule has 0 aromatic carbocycles. The second-order valence-electron chi connectivity index (χ2n) is 6.96. The van der Waals surface area contributed by atoms with E-state index in [1.807, 2.05) is 4.90 Å². The number of nitrogens with zero attached hydrogens (tertiary/aromatic N) is 1. The van der Waals surface area contributed by atoms with Gasteiger partial charge in [0.15, 0.2) is 0 Å². The summed E-state index contributed by atoms with van der Waals surface area (Å²) >= 11 is 0. The maximum Gasteiger partial charge on any atom is 0.225 e. The molecule has 1 unspecified atom stereocenters. The molecular weight excluding hydrogens is 280 g/mol. The summed E-state index contributed by atoms with van der Waals surface area (Å²) in [5, 5.41) is 3.03. The largest absolute Gasteiger partial charge is 0.376 e. The van der Waals surface area contributed by atoms with Gasteiger partial charge in [-0.3, -0.25) is 9.59 Å². The highest BCUT2D eigenvalue weighted by Crippen LogP contribution is 2.31. The summed E-state index contributed by atoms with van der Waals surface area (Å²) in [6.45, 7) is 3.33. The lowest BCUT2D eigenvalue weighted by Gasteiger charge is -2.30. The van der Waals surface area contributed by atoms with E-state index < -0.39 is 0 Å². The Bertz CT molecular complexity index is 393. The summed E-state index contributed by atoms with van der Waals surface area (Å²) in [7, 11) is 0. The fraction of sp³-hybridized carbons (Fsp3) is 0.882. The molecule has 3 rings (SSSR count). The molecule has 3 fully saturated rings. The van der Waals surface area contributed by atoms with Crippen molar-refractivity contribution in [1.29, 1.82) is 0 Å². The number of carbonyl (C=O) groups is 2. The normalized spacial score (nSPS) is 32.2. The standard InChI is InChI=1S/C17H28N2O3/c20-16(18-12-15-4-3-11-22-15)13-5-7-14(8-6-13)17(21)19-9-1-2-10-19/h13-15H,1-12H2,(H,18,20). The molecule has 5 heteroatoms. The van der Waals surface area contributed by atoms with Gasteiger partial charge in [0.05, 0.1) is 6.10 Å². The van der Waals surface area contributed by atoms with Crippen LogP contribution in [0.25, 0.3) is 0 Å². The zero-order chi connectivity index (χ0) is 15.4. The van der Waals surface area contributed by atoms with Gasteiger partial charge in [-0.1, -0.05) is 0 Å². The first-order chi connectivity index (χ1) is 10.7. The lowest BCUT2D eigenvalue weighted by Crippen LogP contribution is -2.40. The van der Waals surface area contributed by atoms with Crippen molar-refractivity contribution in [3.8, 4) is 0 Å². The van der Waals surface area contributed by atoms with Gasteiger partial charge in [-0.2, -0.15) is 0 Å². The number of hydrogen-bond donors (Lipinski definition) is 1. The Kier molecular flexibility index (Phi) is 5.34. The zero-order valence-electron chi connectivity index (χ0n) is 13.4. The summed E-state index contributed by atoms with van der Waals surface area (Å²) in [4.78, 5) is 26.6. The SMILES string of the molecule is O=C(NCC1CCCO1)C1CCC(C(=O)N2CCCC2)CC1. The number of ether oxygens (including phenoxy) is 1. The van der Waals surface area contributed by atoms with Crippen molar-refractivity contribution in [3.63, 3.8) is 0 Å². The first-order valence-electron chi connectivity index (χ1n) is 8.92. The summed E-state index contributed by atoms with van der Waals surface area (Å²) < 4.78 is 5.53. The van der Waals surface area contributed by atoms with Gasteiger partial charge in [-0.15, -0.1) is 0 Å². The van der Waals surface area contributed by atoms with Gasteiger partial charge < -0.3 is 15.0 Å². The van der Waals surface area contributed by atoms with Gasteiger partial charge in [0, 0.05) is 38.1 Å². The molecule has 124 valence electrons. The third kappa shape index (κ3) is 3.80. The van der Waals surface area contributed by atoms with E-state index in [9.17, 15) is 9.59 Å². The third-order valence-electron chi connectivity index (χ3n) is 5.39. The van der Waals surface area contributed by atoms with Crippen LogP contribution in [0.2, 0.25) is 0 Å². The van der Waals surface area contributed by atoms with E-state index in [1.165, 1.54) is 0 Å². The van der Waals surface area contributed by atoms with Crippen LogP contribution in [-0.4, -0.2) is 49.1 Å². The van der Waals surface area contributed by atoms with Gasteiger partial charge >= 0.3 is 0 Å². The lowest BCUT2D eigenvalue weighted by molar-refractivity contribution is -0.137. The predicted octanol–water partition coefficient (Wildman–Crippen LogP) is 1.71. The molecule has 0 bridgehead atoms. The van der Waals surface area contributed by atoms with Crippen LogP contribution >= 0.6 is 0 Å². The molecule has 1 atom stereocenters. The molecule has 0 aromatic heterocycles.